The molecule has 2 heterocycles. The molecular weight excluding hydrogens is 304 g/mol. The van der Waals surface area contributed by atoms with Gasteiger partial charge in [0.2, 0.25) is 0 Å². The van der Waals surface area contributed by atoms with Crippen LogP contribution >= 0.6 is 23.1 Å². The largest absolute Gasteiger partial charge is 0.396 e. The van der Waals surface area contributed by atoms with Gasteiger partial charge in [0.05, 0.1) is 22.8 Å². The van der Waals surface area contributed by atoms with Crippen LogP contribution in [-0.2, 0) is 6.54 Å². The molecule has 4 N–H and O–H groups in total. The molecule has 0 aliphatic heterocycles. The summed E-state index contributed by atoms with van der Waals surface area (Å²) < 4.78 is 0. The van der Waals surface area contributed by atoms with Gasteiger partial charge < -0.3 is 16.4 Å². The summed E-state index contributed by atoms with van der Waals surface area (Å²) >= 11 is 2.90. The van der Waals surface area contributed by atoms with Gasteiger partial charge in [-0.3, -0.25) is 9.78 Å². The van der Waals surface area contributed by atoms with Gasteiger partial charge in [-0.15, -0.1) is 23.1 Å². The smallest absolute Gasteiger partial charge is 0.263 e. The third-order valence-corrected chi connectivity index (χ3v) is 5.19. The number of carbonyl (C=O) groups excluding carboxylic acids is 1. The number of aryl methyl sites for hydroxylation is 1. The zero-order valence-corrected chi connectivity index (χ0v) is 13.8. The van der Waals surface area contributed by atoms with Crippen LogP contribution in [0, 0.1) is 6.92 Å². The Balaban J connectivity index is 2.24. The van der Waals surface area contributed by atoms with E-state index in [1.165, 1.54) is 23.1 Å². The Morgan fingerprint density at radius 1 is 1.52 bits per heavy atom. The molecule has 0 saturated carbocycles. The van der Waals surface area contributed by atoms with Gasteiger partial charge in [-0.2, -0.15) is 0 Å². The Kier molecular flexibility index (Phi) is 5.08. The first kappa shape index (κ1) is 15.7. The number of aromatic nitrogens is 1. The first-order valence-corrected chi connectivity index (χ1v) is 8.45. The summed E-state index contributed by atoms with van der Waals surface area (Å²) in [6.45, 7) is 2.63. The summed E-state index contributed by atoms with van der Waals surface area (Å²) in [7, 11) is 1.60. The van der Waals surface area contributed by atoms with Crippen LogP contribution in [0.5, 0.6) is 0 Å². The summed E-state index contributed by atoms with van der Waals surface area (Å²) in [6, 6.07) is 3.94. The van der Waals surface area contributed by atoms with E-state index in [0.29, 0.717) is 17.1 Å². The third kappa shape index (κ3) is 3.30. The lowest BCUT2D eigenvalue weighted by molar-refractivity contribution is 0.0968. The summed E-state index contributed by atoms with van der Waals surface area (Å²) in [6.07, 6.45) is 3.72. The zero-order chi connectivity index (χ0) is 15.4. The van der Waals surface area contributed by atoms with Gasteiger partial charge in [-0.05, 0) is 24.8 Å². The zero-order valence-electron chi connectivity index (χ0n) is 12.2. The molecule has 7 heteroatoms. The van der Waals surface area contributed by atoms with E-state index < -0.39 is 0 Å². The lowest BCUT2D eigenvalue weighted by Crippen LogP contribution is -2.17. The van der Waals surface area contributed by atoms with Crippen molar-refractivity contribution >= 4 is 39.7 Å². The number of hydrogen-bond donors (Lipinski definition) is 3. The molecule has 0 unspecified atom stereocenters. The first-order chi connectivity index (χ1) is 10.1. The Morgan fingerprint density at radius 2 is 2.29 bits per heavy atom. The summed E-state index contributed by atoms with van der Waals surface area (Å²) in [5.74, 6) is -0.158. The predicted octanol–water partition coefficient (Wildman–Crippen LogP) is 2.73. The normalized spacial score (nSPS) is 10.4. The summed E-state index contributed by atoms with van der Waals surface area (Å²) in [4.78, 5) is 17.6. The topological polar surface area (TPSA) is 80.0 Å². The molecule has 0 saturated heterocycles. The van der Waals surface area contributed by atoms with E-state index in [2.05, 4.69) is 15.6 Å². The maximum Gasteiger partial charge on any atom is 0.263 e. The molecule has 2 rings (SSSR count). The van der Waals surface area contributed by atoms with Crippen molar-refractivity contribution in [2.75, 3.05) is 24.4 Å². The summed E-state index contributed by atoms with van der Waals surface area (Å²) in [5, 5.41) is 6.85. The molecule has 0 fully saturated rings. The Bertz CT molecular complexity index is 654. The summed E-state index contributed by atoms with van der Waals surface area (Å²) in [5.41, 5.74) is 8.71. The predicted molar refractivity (Wildman–Crippen MR) is 90.2 cm³/mol. The number of carbonyl (C=O) groups is 1. The van der Waals surface area contributed by atoms with E-state index >= 15 is 0 Å². The van der Waals surface area contributed by atoms with Crippen molar-refractivity contribution in [2.24, 2.45) is 0 Å². The van der Waals surface area contributed by atoms with Gasteiger partial charge in [0.25, 0.3) is 5.91 Å². The molecule has 2 aromatic heterocycles. The van der Waals surface area contributed by atoms with E-state index in [9.17, 15) is 4.79 Å². The van der Waals surface area contributed by atoms with Crippen LogP contribution in [0.1, 0.15) is 20.9 Å². The molecular formula is C14H18N4OS2. The molecule has 0 atom stereocenters. The van der Waals surface area contributed by atoms with E-state index in [1.54, 1.807) is 13.2 Å². The number of nitrogens with two attached hydrogens (primary N) is 1. The number of pyridine rings is 1. The molecule has 0 aromatic carbocycles. The highest BCUT2D eigenvalue weighted by molar-refractivity contribution is 7.99. The molecule has 0 bridgehead atoms. The van der Waals surface area contributed by atoms with Crippen LogP contribution in [0.3, 0.4) is 0 Å². The fourth-order valence-corrected chi connectivity index (χ4v) is 3.87. The maximum absolute atomic E-state index is 11.8. The van der Waals surface area contributed by atoms with Crippen molar-refractivity contribution < 1.29 is 4.79 Å². The van der Waals surface area contributed by atoms with E-state index in [4.69, 9.17) is 5.73 Å². The monoisotopic (exact) mass is 322 g/mol. The van der Waals surface area contributed by atoms with Gasteiger partial charge in [-0.1, -0.05) is 6.07 Å². The van der Waals surface area contributed by atoms with Crippen LogP contribution in [0.2, 0.25) is 0 Å². The van der Waals surface area contributed by atoms with Crippen LogP contribution in [0.15, 0.2) is 23.2 Å². The number of anilines is 2. The van der Waals surface area contributed by atoms with Crippen LogP contribution in [0.4, 0.5) is 10.7 Å². The van der Waals surface area contributed by atoms with Gasteiger partial charge in [0.15, 0.2) is 0 Å². The number of thiophene rings is 1. The molecule has 1 amide bonds. The van der Waals surface area contributed by atoms with E-state index in [0.717, 1.165) is 21.2 Å². The highest BCUT2D eigenvalue weighted by atomic mass is 32.2. The van der Waals surface area contributed by atoms with Gasteiger partial charge in [0, 0.05) is 13.2 Å². The van der Waals surface area contributed by atoms with Crippen molar-refractivity contribution in [3.8, 4) is 0 Å². The van der Waals surface area contributed by atoms with Crippen molar-refractivity contribution in [2.45, 2.75) is 18.4 Å². The SMILES string of the molecule is CNC(=O)c1sc(NCc2ncccc2C)c(SC)c1N. The van der Waals surface area contributed by atoms with Gasteiger partial charge in [-0.25, -0.2) is 0 Å². The van der Waals surface area contributed by atoms with Crippen molar-refractivity contribution in [3.05, 3.63) is 34.5 Å². The molecule has 0 aliphatic carbocycles. The van der Waals surface area contributed by atoms with E-state index in [1.807, 2.05) is 25.3 Å². The number of nitrogens with one attached hydrogen (secondary N) is 2. The highest BCUT2D eigenvalue weighted by Gasteiger charge is 2.19. The average molecular weight is 322 g/mol. The third-order valence-electron chi connectivity index (χ3n) is 3.07. The van der Waals surface area contributed by atoms with Gasteiger partial charge in [0.1, 0.15) is 9.88 Å². The van der Waals surface area contributed by atoms with Crippen LogP contribution < -0.4 is 16.4 Å². The fraction of sp³-hybridized carbons (Fsp3) is 0.286. The molecule has 2 aromatic rings. The quantitative estimate of drug-likeness (QED) is 0.738. The lowest BCUT2D eigenvalue weighted by Gasteiger charge is -2.07. The van der Waals surface area contributed by atoms with Crippen molar-refractivity contribution in [3.63, 3.8) is 0 Å². The molecule has 0 radical (unpaired) electrons. The second kappa shape index (κ2) is 6.82. The average Bonchev–Trinajstić information content (AvgIpc) is 2.81. The number of rotatable bonds is 5. The van der Waals surface area contributed by atoms with Gasteiger partial charge >= 0.3 is 0 Å². The van der Waals surface area contributed by atoms with Crippen LogP contribution in [-0.4, -0.2) is 24.2 Å². The molecule has 0 aliphatic rings. The second-order valence-corrected chi connectivity index (χ2v) is 6.24. The van der Waals surface area contributed by atoms with Crippen LogP contribution in [0.25, 0.3) is 0 Å². The van der Waals surface area contributed by atoms with Crippen molar-refractivity contribution in [1.29, 1.82) is 0 Å². The first-order valence-electron chi connectivity index (χ1n) is 6.41. The minimum Gasteiger partial charge on any atom is -0.396 e. The Labute approximate surface area is 132 Å². The van der Waals surface area contributed by atoms with Crippen molar-refractivity contribution in [1.82, 2.24) is 10.3 Å². The lowest BCUT2D eigenvalue weighted by atomic mass is 10.2. The molecule has 112 valence electrons. The van der Waals surface area contributed by atoms with E-state index in [-0.39, 0.29) is 5.91 Å². The standard InChI is InChI=1S/C14H18N4OS2/c1-8-5-4-6-17-9(8)7-18-14-12(20-3)10(15)11(21-14)13(19)16-2/h4-6,18H,7,15H2,1-3H3,(H,16,19). The second-order valence-electron chi connectivity index (χ2n) is 4.41. The Hall–Kier alpha value is -1.73. The number of thioether (sulfide) groups is 1. The molecule has 21 heavy (non-hydrogen) atoms. The fourth-order valence-electron chi connectivity index (χ4n) is 1.90. The maximum atomic E-state index is 11.8. The number of hydrogen-bond acceptors (Lipinski definition) is 6. The number of nitrogen functional groups attached to an aromatic ring is 1. The Morgan fingerprint density at radius 3 is 2.90 bits per heavy atom. The minimum atomic E-state index is -0.158. The highest BCUT2D eigenvalue weighted by Crippen LogP contribution is 2.41. The number of amides is 1. The molecule has 0 spiro atoms. The minimum absolute atomic E-state index is 0.158. The molecule has 5 nitrogen and oxygen atoms in total. The number of nitrogens with zero attached hydrogens (tertiary/aromatic N) is 1.